The van der Waals surface area contributed by atoms with Crippen molar-refractivity contribution in [1.29, 1.82) is 5.26 Å². The number of likely N-dealkylation sites (N-methyl/N-ethyl adjacent to an activating group) is 1. The molecule has 4 aromatic heterocycles. The highest BCUT2D eigenvalue weighted by atomic mass is 16.5. The molecule has 0 radical (unpaired) electrons. The molecule has 172 valence electrons. The summed E-state index contributed by atoms with van der Waals surface area (Å²) < 4.78 is 7.83. The Morgan fingerprint density at radius 2 is 2.00 bits per heavy atom. The summed E-state index contributed by atoms with van der Waals surface area (Å²) in [5.41, 5.74) is 3.15. The van der Waals surface area contributed by atoms with E-state index in [2.05, 4.69) is 54.4 Å². The molecule has 0 amide bonds. The summed E-state index contributed by atoms with van der Waals surface area (Å²) in [6.07, 6.45) is 3.22. The van der Waals surface area contributed by atoms with Gasteiger partial charge in [0.2, 0.25) is 5.88 Å². The van der Waals surface area contributed by atoms with Crippen LogP contribution in [0, 0.1) is 18.3 Å². The van der Waals surface area contributed by atoms with Gasteiger partial charge in [0.25, 0.3) is 0 Å². The molecule has 11 heteroatoms. The molecule has 0 atom stereocenters. The maximum Gasteiger partial charge on any atom is 0.223 e. The number of ether oxygens (including phenoxy) is 1. The molecular formula is C23H24N10O. The van der Waals surface area contributed by atoms with Crippen molar-refractivity contribution in [3.63, 3.8) is 0 Å². The van der Waals surface area contributed by atoms with Crippen LogP contribution in [0.25, 0.3) is 11.2 Å². The first-order chi connectivity index (χ1) is 16.4. The van der Waals surface area contributed by atoms with E-state index in [9.17, 15) is 0 Å². The maximum atomic E-state index is 9.04. The van der Waals surface area contributed by atoms with Crippen molar-refractivity contribution >= 4 is 28.5 Å². The summed E-state index contributed by atoms with van der Waals surface area (Å²) >= 11 is 0. The quantitative estimate of drug-likeness (QED) is 0.463. The number of anilines is 3. The summed E-state index contributed by atoms with van der Waals surface area (Å²) in [6.45, 7) is 3.74. The minimum atomic E-state index is 0.333. The lowest BCUT2D eigenvalue weighted by molar-refractivity contribution is 0.246. The SMILES string of the molecule is Cc1cc(C#N)ncc1Oc1cc(Nc2ccc(N3CC(N(C)C)C3)nn2)c2ncn(C)c2n1. The van der Waals surface area contributed by atoms with Gasteiger partial charge in [-0.3, -0.25) is 0 Å². The Morgan fingerprint density at radius 1 is 1.18 bits per heavy atom. The number of hydrogen-bond acceptors (Lipinski definition) is 10. The molecule has 0 spiro atoms. The van der Waals surface area contributed by atoms with Crippen molar-refractivity contribution in [3.05, 3.63) is 48.0 Å². The Morgan fingerprint density at radius 3 is 2.68 bits per heavy atom. The van der Waals surface area contributed by atoms with Gasteiger partial charge in [0.1, 0.15) is 17.3 Å². The van der Waals surface area contributed by atoms with Crippen LogP contribution in [0.5, 0.6) is 11.6 Å². The van der Waals surface area contributed by atoms with Gasteiger partial charge in [0.05, 0.1) is 18.2 Å². The van der Waals surface area contributed by atoms with Crippen LogP contribution < -0.4 is 15.0 Å². The molecule has 0 aromatic carbocycles. The number of nitrogens with zero attached hydrogens (tertiary/aromatic N) is 9. The Hall–Kier alpha value is -4.30. The van der Waals surface area contributed by atoms with Crippen LogP contribution in [-0.4, -0.2) is 67.8 Å². The standard InChI is InChI=1S/C23H24N10O/c1-14-7-15(9-24)25-10-18(14)34-21-8-17(22-23(28-21)32(4)13-26-22)27-19-5-6-20(30-29-19)33-11-16(12-33)31(2)3/h5-8,10,13,16H,11-12H2,1-4H3,(H,27,28,29). The van der Waals surface area contributed by atoms with Crippen LogP contribution in [-0.2, 0) is 7.05 Å². The van der Waals surface area contributed by atoms with Crippen LogP contribution in [0.15, 0.2) is 36.8 Å². The number of nitriles is 1. The Balaban J connectivity index is 1.39. The molecule has 34 heavy (non-hydrogen) atoms. The predicted octanol–water partition coefficient (Wildman–Crippen LogP) is 2.62. The molecule has 0 bridgehead atoms. The van der Waals surface area contributed by atoms with Gasteiger partial charge in [-0.2, -0.15) is 10.2 Å². The highest BCUT2D eigenvalue weighted by Gasteiger charge is 2.29. The largest absolute Gasteiger partial charge is 0.437 e. The molecule has 1 aliphatic heterocycles. The van der Waals surface area contributed by atoms with Crippen LogP contribution in [0.1, 0.15) is 11.3 Å². The average molecular weight is 457 g/mol. The average Bonchev–Trinajstić information content (AvgIpc) is 3.16. The van der Waals surface area contributed by atoms with Crippen molar-refractivity contribution in [2.45, 2.75) is 13.0 Å². The lowest BCUT2D eigenvalue weighted by Crippen LogP contribution is -2.57. The van der Waals surface area contributed by atoms with Gasteiger partial charge >= 0.3 is 0 Å². The van der Waals surface area contributed by atoms with Crippen molar-refractivity contribution in [2.24, 2.45) is 7.05 Å². The zero-order valence-corrected chi connectivity index (χ0v) is 19.4. The summed E-state index contributed by atoms with van der Waals surface area (Å²) in [7, 11) is 6.04. The van der Waals surface area contributed by atoms with Crippen LogP contribution >= 0.6 is 0 Å². The van der Waals surface area contributed by atoms with E-state index >= 15 is 0 Å². The molecule has 5 heterocycles. The third-order valence-corrected chi connectivity index (χ3v) is 5.87. The maximum absolute atomic E-state index is 9.04. The molecule has 0 aliphatic carbocycles. The van der Waals surface area contributed by atoms with E-state index in [1.54, 1.807) is 18.5 Å². The minimum Gasteiger partial charge on any atom is -0.437 e. The number of rotatable bonds is 6. The van der Waals surface area contributed by atoms with Gasteiger partial charge in [-0.25, -0.2) is 9.97 Å². The molecule has 1 saturated heterocycles. The number of imidazole rings is 1. The van der Waals surface area contributed by atoms with Gasteiger partial charge < -0.3 is 24.4 Å². The van der Waals surface area contributed by atoms with Gasteiger partial charge in [-0.15, -0.1) is 10.2 Å². The zero-order valence-electron chi connectivity index (χ0n) is 19.4. The molecule has 1 aliphatic rings. The second-order valence-corrected chi connectivity index (χ2v) is 8.51. The van der Waals surface area contributed by atoms with E-state index in [-0.39, 0.29) is 0 Å². The van der Waals surface area contributed by atoms with E-state index in [4.69, 9.17) is 10.00 Å². The molecule has 0 unspecified atom stereocenters. The second kappa shape index (κ2) is 8.57. The number of pyridine rings is 2. The van der Waals surface area contributed by atoms with Crippen molar-refractivity contribution in [2.75, 3.05) is 37.4 Å². The highest BCUT2D eigenvalue weighted by molar-refractivity contribution is 5.88. The van der Waals surface area contributed by atoms with Crippen molar-refractivity contribution in [1.82, 2.24) is 34.6 Å². The van der Waals surface area contributed by atoms with Crippen LogP contribution in [0.4, 0.5) is 17.3 Å². The number of nitrogens with one attached hydrogen (secondary N) is 1. The summed E-state index contributed by atoms with van der Waals surface area (Å²) in [5.74, 6) is 2.34. The Labute approximate surface area is 196 Å². The summed E-state index contributed by atoms with van der Waals surface area (Å²) in [4.78, 5) is 17.6. The topological polar surface area (TPSA) is 121 Å². The monoisotopic (exact) mass is 456 g/mol. The smallest absolute Gasteiger partial charge is 0.223 e. The van der Waals surface area contributed by atoms with Gasteiger partial charge in [0, 0.05) is 32.2 Å². The fourth-order valence-corrected chi connectivity index (χ4v) is 3.71. The molecule has 5 rings (SSSR count). The highest BCUT2D eigenvalue weighted by Crippen LogP contribution is 2.31. The molecule has 1 N–H and O–H groups in total. The van der Waals surface area contributed by atoms with E-state index < -0.39 is 0 Å². The van der Waals surface area contributed by atoms with Gasteiger partial charge in [0.15, 0.2) is 23.0 Å². The first-order valence-electron chi connectivity index (χ1n) is 10.8. The number of fused-ring (bicyclic) bond motifs is 1. The molecular weight excluding hydrogens is 432 g/mol. The van der Waals surface area contributed by atoms with E-state index in [1.807, 2.05) is 36.7 Å². The van der Waals surface area contributed by atoms with E-state index in [0.29, 0.717) is 46.0 Å². The second-order valence-electron chi connectivity index (χ2n) is 8.51. The number of hydrogen-bond donors (Lipinski definition) is 1. The van der Waals surface area contributed by atoms with E-state index in [1.165, 1.54) is 6.20 Å². The molecule has 4 aromatic rings. The normalized spacial score (nSPS) is 13.7. The minimum absolute atomic E-state index is 0.333. The summed E-state index contributed by atoms with van der Waals surface area (Å²) in [6, 6.07) is 9.87. The Kier molecular flexibility index (Phi) is 5.43. The lowest BCUT2D eigenvalue weighted by Gasteiger charge is -2.43. The van der Waals surface area contributed by atoms with Crippen LogP contribution in [0.3, 0.4) is 0 Å². The molecule has 11 nitrogen and oxygen atoms in total. The first kappa shape index (κ1) is 21.5. The first-order valence-corrected chi connectivity index (χ1v) is 10.8. The fourth-order valence-electron chi connectivity index (χ4n) is 3.71. The predicted molar refractivity (Wildman–Crippen MR) is 127 cm³/mol. The number of aromatic nitrogens is 6. The number of aryl methyl sites for hydroxylation is 2. The van der Waals surface area contributed by atoms with Crippen LogP contribution in [0.2, 0.25) is 0 Å². The third-order valence-electron chi connectivity index (χ3n) is 5.87. The Bertz CT molecular complexity index is 1380. The van der Waals surface area contributed by atoms with Crippen molar-refractivity contribution < 1.29 is 4.74 Å². The molecule has 1 fully saturated rings. The molecule has 0 saturated carbocycles. The summed E-state index contributed by atoms with van der Waals surface area (Å²) in [5, 5.41) is 21.1. The third kappa shape index (κ3) is 4.06. The fraction of sp³-hybridized carbons (Fsp3) is 0.304. The van der Waals surface area contributed by atoms with Crippen molar-refractivity contribution in [3.8, 4) is 17.7 Å². The van der Waals surface area contributed by atoms with Gasteiger partial charge in [-0.05, 0) is 44.8 Å². The van der Waals surface area contributed by atoms with Gasteiger partial charge in [-0.1, -0.05) is 0 Å². The lowest BCUT2D eigenvalue weighted by atomic mass is 10.1. The zero-order chi connectivity index (χ0) is 23.8. The van der Waals surface area contributed by atoms with E-state index in [0.717, 1.165) is 24.5 Å².